The molecule has 0 bridgehead atoms. The van der Waals surface area contributed by atoms with Gasteiger partial charge in [-0.1, -0.05) is 6.07 Å². The maximum atomic E-state index is 13.9. The van der Waals surface area contributed by atoms with Crippen molar-refractivity contribution in [3.8, 4) is 0 Å². The molecule has 0 aliphatic heterocycles. The summed E-state index contributed by atoms with van der Waals surface area (Å²) in [6, 6.07) is 14.4. The van der Waals surface area contributed by atoms with Crippen molar-refractivity contribution in [3.63, 3.8) is 0 Å². The van der Waals surface area contributed by atoms with Crippen LogP contribution in [0.25, 0.3) is 0 Å². The molecule has 2 aromatic heterocycles. The summed E-state index contributed by atoms with van der Waals surface area (Å²) in [4.78, 5) is 11.5. The van der Waals surface area contributed by atoms with Crippen LogP contribution in [0.5, 0.6) is 0 Å². The predicted molar refractivity (Wildman–Crippen MR) is 121 cm³/mol. The normalized spacial score (nSPS) is 11.1. The Hall–Kier alpha value is -4.12. The molecule has 4 aromatic rings. The molecule has 0 atom stereocenters. The average molecular weight is 468 g/mol. The number of hydrogen-bond acceptors (Lipinski definition) is 7. The highest BCUT2D eigenvalue weighted by atomic mass is 32.2. The lowest BCUT2D eigenvalue weighted by atomic mass is 10.3. The van der Waals surface area contributed by atoms with E-state index in [4.69, 9.17) is 0 Å². The van der Waals surface area contributed by atoms with E-state index in [9.17, 15) is 17.2 Å². The predicted octanol–water partition coefficient (Wildman–Crippen LogP) is 4.75. The van der Waals surface area contributed by atoms with Gasteiger partial charge in [0.1, 0.15) is 35.4 Å². The molecule has 0 unspecified atom stereocenters. The van der Waals surface area contributed by atoms with Crippen LogP contribution in [0.1, 0.15) is 5.56 Å². The second-order valence-corrected chi connectivity index (χ2v) is 8.61. The standard InChI is InChI=1S/C22H18F2N6O2S/c1-14-9-10-25-19(11-14)29-21-12-20(26-13-27-21)28-15-5-7-16(8-6-15)30-33(31,32)22-17(23)3-2-4-18(22)24/h2-13,30H,1H3,(H2,25,26,27,28,29). The fraction of sp³-hybridized carbons (Fsp3) is 0.0455. The zero-order valence-corrected chi connectivity index (χ0v) is 18.1. The molecule has 2 aromatic carbocycles. The molecule has 2 heterocycles. The summed E-state index contributed by atoms with van der Waals surface area (Å²) in [5.74, 6) is -0.684. The molecule has 3 N–H and O–H groups in total. The highest BCUT2D eigenvalue weighted by molar-refractivity contribution is 7.92. The minimum absolute atomic E-state index is 0.138. The van der Waals surface area contributed by atoms with E-state index in [0.29, 0.717) is 23.1 Å². The van der Waals surface area contributed by atoms with E-state index in [1.54, 1.807) is 24.4 Å². The monoisotopic (exact) mass is 468 g/mol. The molecular weight excluding hydrogens is 450 g/mol. The van der Waals surface area contributed by atoms with Gasteiger partial charge in [0.2, 0.25) is 0 Å². The summed E-state index contributed by atoms with van der Waals surface area (Å²) in [6.07, 6.45) is 3.07. The number of pyridine rings is 1. The summed E-state index contributed by atoms with van der Waals surface area (Å²) in [7, 11) is -4.44. The minimum Gasteiger partial charge on any atom is -0.340 e. The minimum atomic E-state index is -4.44. The highest BCUT2D eigenvalue weighted by Crippen LogP contribution is 2.24. The number of rotatable bonds is 7. The van der Waals surface area contributed by atoms with Gasteiger partial charge in [0, 0.05) is 23.6 Å². The maximum Gasteiger partial charge on any atom is 0.267 e. The molecule has 8 nitrogen and oxygen atoms in total. The van der Waals surface area contributed by atoms with Crippen LogP contribution in [0.3, 0.4) is 0 Å². The first-order valence-electron chi connectivity index (χ1n) is 9.66. The number of benzene rings is 2. The van der Waals surface area contributed by atoms with Gasteiger partial charge in [-0.05, 0) is 61.0 Å². The summed E-state index contributed by atoms with van der Waals surface area (Å²) in [6.45, 7) is 1.95. The lowest BCUT2D eigenvalue weighted by Crippen LogP contribution is -2.16. The zero-order valence-electron chi connectivity index (χ0n) is 17.3. The van der Waals surface area contributed by atoms with Crippen LogP contribution in [-0.4, -0.2) is 23.4 Å². The van der Waals surface area contributed by atoms with Crippen molar-refractivity contribution in [3.05, 3.63) is 90.4 Å². The first-order chi connectivity index (χ1) is 15.8. The van der Waals surface area contributed by atoms with E-state index < -0.39 is 26.6 Å². The van der Waals surface area contributed by atoms with E-state index in [2.05, 4.69) is 30.3 Å². The largest absolute Gasteiger partial charge is 0.340 e. The van der Waals surface area contributed by atoms with Gasteiger partial charge < -0.3 is 10.6 Å². The second-order valence-electron chi connectivity index (χ2n) is 6.99. The van der Waals surface area contributed by atoms with Crippen LogP contribution in [0.4, 0.5) is 37.6 Å². The first-order valence-corrected chi connectivity index (χ1v) is 11.1. The van der Waals surface area contributed by atoms with Crippen molar-refractivity contribution in [1.29, 1.82) is 0 Å². The van der Waals surface area contributed by atoms with Gasteiger partial charge in [-0.25, -0.2) is 32.2 Å². The molecule has 4 rings (SSSR count). The van der Waals surface area contributed by atoms with Gasteiger partial charge in [0.05, 0.1) is 0 Å². The van der Waals surface area contributed by atoms with Crippen molar-refractivity contribution in [2.45, 2.75) is 11.8 Å². The molecule has 168 valence electrons. The quantitative estimate of drug-likeness (QED) is 0.359. The number of aromatic nitrogens is 3. The van der Waals surface area contributed by atoms with E-state index in [-0.39, 0.29) is 5.69 Å². The molecule has 0 spiro atoms. The van der Waals surface area contributed by atoms with Crippen molar-refractivity contribution < 1.29 is 17.2 Å². The second kappa shape index (κ2) is 9.17. The Kier molecular flexibility index (Phi) is 6.13. The van der Waals surface area contributed by atoms with Gasteiger partial charge in [-0.2, -0.15) is 0 Å². The van der Waals surface area contributed by atoms with E-state index in [0.717, 1.165) is 23.8 Å². The van der Waals surface area contributed by atoms with Crippen LogP contribution >= 0.6 is 0 Å². The van der Waals surface area contributed by atoms with Crippen LogP contribution in [0, 0.1) is 18.6 Å². The molecule has 0 amide bonds. The van der Waals surface area contributed by atoms with Crippen LogP contribution in [0.15, 0.2) is 78.1 Å². The number of nitrogens with zero attached hydrogens (tertiary/aromatic N) is 3. The van der Waals surface area contributed by atoms with Gasteiger partial charge in [0.15, 0.2) is 4.90 Å². The third kappa shape index (κ3) is 5.39. The van der Waals surface area contributed by atoms with E-state index in [1.807, 2.05) is 19.1 Å². The smallest absolute Gasteiger partial charge is 0.267 e. The number of hydrogen-bond donors (Lipinski definition) is 3. The van der Waals surface area contributed by atoms with Gasteiger partial charge >= 0.3 is 0 Å². The Labute approximate surface area is 188 Å². The van der Waals surface area contributed by atoms with Gasteiger partial charge in [-0.15, -0.1) is 0 Å². The van der Waals surface area contributed by atoms with Crippen molar-refractivity contribution in [2.75, 3.05) is 15.4 Å². The Bertz CT molecular complexity index is 1380. The van der Waals surface area contributed by atoms with Crippen molar-refractivity contribution in [2.24, 2.45) is 0 Å². The number of anilines is 5. The molecule has 0 radical (unpaired) electrons. The van der Waals surface area contributed by atoms with Crippen LogP contribution in [-0.2, 0) is 10.0 Å². The molecule has 0 aliphatic carbocycles. The van der Waals surface area contributed by atoms with Crippen LogP contribution < -0.4 is 15.4 Å². The Morgan fingerprint density at radius 3 is 2.03 bits per heavy atom. The lowest BCUT2D eigenvalue weighted by molar-refractivity contribution is 0.521. The number of sulfonamides is 1. The molecule has 11 heteroatoms. The highest BCUT2D eigenvalue weighted by Gasteiger charge is 2.23. The van der Waals surface area contributed by atoms with Crippen molar-refractivity contribution >= 4 is 38.9 Å². The average Bonchev–Trinajstić information content (AvgIpc) is 2.75. The lowest BCUT2D eigenvalue weighted by Gasteiger charge is -2.11. The summed E-state index contributed by atoms with van der Waals surface area (Å²) >= 11 is 0. The molecule has 33 heavy (non-hydrogen) atoms. The Morgan fingerprint density at radius 2 is 1.36 bits per heavy atom. The van der Waals surface area contributed by atoms with Gasteiger partial charge in [-0.3, -0.25) is 4.72 Å². The molecule has 0 saturated carbocycles. The molecular formula is C22H18F2N6O2S. The third-order valence-electron chi connectivity index (χ3n) is 4.44. The summed E-state index contributed by atoms with van der Waals surface area (Å²) < 4.78 is 54.7. The number of nitrogens with one attached hydrogen (secondary N) is 3. The van der Waals surface area contributed by atoms with Crippen LogP contribution in [0.2, 0.25) is 0 Å². The SMILES string of the molecule is Cc1ccnc(Nc2cc(Nc3ccc(NS(=O)(=O)c4c(F)cccc4F)cc3)ncn2)c1. The van der Waals surface area contributed by atoms with E-state index in [1.165, 1.54) is 18.5 Å². The number of halogens is 2. The third-order valence-corrected chi connectivity index (χ3v) is 5.87. The van der Waals surface area contributed by atoms with Crippen molar-refractivity contribution in [1.82, 2.24) is 15.0 Å². The maximum absolute atomic E-state index is 13.9. The van der Waals surface area contributed by atoms with Gasteiger partial charge in [0.25, 0.3) is 10.0 Å². The Balaban J connectivity index is 1.46. The first kappa shape index (κ1) is 22.1. The number of aryl methyl sites for hydroxylation is 1. The molecule has 0 saturated heterocycles. The molecule has 0 aliphatic rings. The Morgan fingerprint density at radius 1 is 0.758 bits per heavy atom. The summed E-state index contributed by atoms with van der Waals surface area (Å²) in [5.41, 5.74) is 1.79. The summed E-state index contributed by atoms with van der Waals surface area (Å²) in [5, 5.41) is 6.16. The fourth-order valence-corrected chi connectivity index (χ4v) is 4.14. The fourth-order valence-electron chi connectivity index (χ4n) is 2.94. The van der Waals surface area contributed by atoms with E-state index >= 15 is 0 Å². The zero-order chi connectivity index (χ0) is 23.4. The molecule has 0 fully saturated rings. The topological polar surface area (TPSA) is 109 Å².